The Morgan fingerprint density at radius 1 is 1.23 bits per heavy atom. The maximum absolute atomic E-state index is 12.5. The maximum Gasteiger partial charge on any atom is 0.315 e. The molecule has 0 spiro atoms. The second-order valence-corrected chi connectivity index (χ2v) is 6.17. The van der Waals surface area contributed by atoms with Crippen LogP contribution in [0.15, 0.2) is 24.3 Å². The summed E-state index contributed by atoms with van der Waals surface area (Å²) in [6.45, 7) is 7.24. The topological polar surface area (TPSA) is 61.4 Å². The van der Waals surface area contributed by atoms with E-state index in [0.717, 1.165) is 18.5 Å². The number of amides is 3. The van der Waals surface area contributed by atoms with E-state index in [2.05, 4.69) is 24.5 Å². The van der Waals surface area contributed by atoms with Gasteiger partial charge in [-0.25, -0.2) is 4.79 Å². The highest BCUT2D eigenvalue weighted by Crippen LogP contribution is 2.27. The normalized spacial score (nSPS) is 14.6. The predicted molar refractivity (Wildman–Crippen MR) is 88.0 cm³/mol. The molecule has 2 N–H and O–H groups in total. The van der Waals surface area contributed by atoms with E-state index in [1.807, 2.05) is 24.3 Å². The number of para-hydroxylation sites is 1. The SMILES string of the molecule is CC(C)CCNC(=O)N[C@H](C)C(=O)N1CCc2ccccc21. The molecule has 5 heteroatoms. The van der Waals surface area contributed by atoms with Gasteiger partial charge in [0.15, 0.2) is 0 Å². The molecule has 22 heavy (non-hydrogen) atoms. The third-order valence-corrected chi connectivity index (χ3v) is 3.88. The summed E-state index contributed by atoms with van der Waals surface area (Å²) in [7, 11) is 0. The monoisotopic (exact) mass is 303 g/mol. The molecule has 1 aliphatic heterocycles. The summed E-state index contributed by atoms with van der Waals surface area (Å²) in [6.07, 6.45) is 1.80. The summed E-state index contributed by atoms with van der Waals surface area (Å²) >= 11 is 0. The minimum Gasteiger partial charge on any atom is -0.338 e. The maximum atomic E-state index is 12.5. The van der Waals surface area contributed by atoms with E-state index in [9.17, 15) is 9.59 Å². The molecule has 0 aliphatic carbocycles. The van der Waals surface area contributed by atoms with E-state index < -0.39 is 6.04 Å². The molecule has 2 rings (SSSR count). The number of urea groups is 1. The van der Waals surface area contributed by atoms with Crippen LogP contribution in [0.1, 0.15) is 32.8 Å². The van der Waals surface area contributed by atoms with Gasteiger partial charge in [-0.2, -0.15) is 0 Å². The van der Waals surface area contributed by atoms with Crippen LogP contribution in [-0.2, 0) is 11.2 Å². The van der Waals surface area contributed by atoms with Gasteiger partial charge >= 0.3 is 6.03 Å². The Hall–Kier alpha value is -2.04. The predicted octanol–water partition coefficient (Wildman–Crippen LogP) is 2.31. The number of nitrogens with one attached hydrogen (secondary N) is 2. The molecule has 0 aromatic heterocycles. The highest BCUT2D eigenvalue weighted by Gasteiger charge is 2.28. The first-order valence-corrected chi connectivity index (χ1v) is 7.92. The van der Waals surface area contributed by atoms with Gasteiger partial charge in [-0.1, -0.05) is 32.0 Å². The van der Waals surface area contributed by atoms with E-state index in [-0.39, 0.29) is 11.9 Å². The summed E-state index contributed by atoms with van der Waals surface area (Å²) in [6, 6.07) is 7.09. The molecule has 0 fully saturated rings. The van der Waals surface area contributed by atoms with Crippen molar-refractivity contribution in [2.75, 3.05) is 18.0 Å². The second kappa shape index (κ2) is 7.29. The van der Waals surface area contributed by atoms with Crippen molar-refractivity contribution in [2.24, 2.45) is 5.92 Å². The highest BCUT2D eigenvalue weighted by molar-refractivity contribution is 6.00. The number of fused-ring (bicyclic) bond motifs is 1. The van der Waals surface area contributed by atoms with Gasteiger partial charge in [0.1, 0.15) is 6.04 Å². The lowest BCUT2D eigenvalue weighted by Gasteiger charge is -2.22. The summed E-state index contributed by atoms with van der Waals surface area (Å²) in [4.78, 5) is 26.1. The zero-order valence-electron chi connectivity index (χ0n) is 13.6. The third kappa shape index (κ3) is 4.00. The minimum absolute atomic E-state index is 0.0658. The Morgan fingerprint density at radius 3 is 2.68 bits per heavy atom. The van der Waals surface area contributed by atoms with E-state index in [4.69, 9.17) is 0 Å². The van der Waals surface area contributed by atoms with Crippen molar-refractivity contribution in [1.82, 2.24) is 10.6 Å². The molecular formula is C17H25N3O2. The van der Waals surface area contributed by atoms with Gasteiger partial charge in [-0.05, 0) is 37.3 Å². The fourth-order valence-corrected chi connectivity index (χ4v) is 2.58. The average Bonchev–Trinajstić information content (AvgIpc) is 2.89. The summed E-state index contributed by atoms with van der Waals surface area (Å²) < 4.78 is 0. The Bertz CT molecular complexity index is 542. The second-order valence-electron chi connectivity index (χ2n) is 6.17. The van der Waals surface area contributed by atoms with E-state index in [1.165, 1.54) is 5.56 Å². The van der Waals surface area contributed by atoms with Crippen LogP contribution in [0, 0.1) is 5.92 Å². The molecule has 1 aliphatic rings. The van der Waals surface area contributed by atoms with Crippen molar-refractivity contribution in [2.45, 2.75) is 39.7 Å². The van der Waals surface area contributed by atoms with E-state index in [0.29, 0.717) is 19.0 Å². The first-order chi connectivity index (χ1) is 10.5. The number of rotatable bonds is 5. The number of carbonyl (C=O) groups is 2. The van der Waals surface area contributed by atoms with E-state index >= 15 is 0 Å². The molecule has 1 atom stereocenters. The third-order valence-electron chi connectivity index (χ3n) is 3.88. The van der Waals surface area contributed by atoms with Gasteiger partial charge in [-0.15, -0.1) is 0 Å². The van der Waals surface area contributed by atoms with Crippen LogP contribution in [0.5, 0.6) is 0 Å². The minimum atomic E-state index is -0.537. The van der Waals surface area contributed by atoms with Gasteiger partial charge in [0.05, 0.1) is 0 Å². The zero-order chi connectivity index (χ0) is 16.1. The van der Waals surface area contributed by atoms with Crippen LogP contribution in [0.25, 0.3) is 0 Å². The number of hydrogen-bond donors (Lipinski definition) is 2. The quantitative estimate of drug-likeness (QED) is 0.877. The Labute approximate surface area is 132 Å². The van der Waals surface area contributed by atoms with Crippen molar-refractivity contribution < 1.29 is 9.59 Å². The standard InChI is InChI=1S/C17H25N3O2/c1-12(2)8-10-18-17(22)19-13(3)16(21)20-11-9-14-6-4-5-7-15(14)20/h4-7,12-13H,8-11H2,1-3H3,(H2,18,19,22)/t13-/m1/s1. The first kappa shape index (κ1) is 16.3. The van der Waals surface area contributed by atoms with Crippen LogP contribution >= 0.6 is 0 Å². The smallest absolute Gasteiger partial charge is 0.315 e. The fourth-order valence-electron chi connectivity index (χ4n) is 2.58. The largest absolute Gasteiger partial charge is 0.338 e. The van der Waals surface area contributed by atoms with Crippen molar-refractivity contribution in [3.05, 3.63) is 29.8 Å². The highest BCUT2D eigenvalue weighted by atomic mass is 16.2. The molecule has 3 amide bonds. The van der Waals surface area contributed by atoms with Gasteiger partial charge < -0.3 is 15.5 Å². The number of hydrogen-bond acceptors (Lipinski definition) is 2. The lowest BCUT2D eigenvalue weighted by molar-refractivity contribution is -0.119. The van der Waals surface area contributed by atoms with Crippen LogP contribution in [0.2, 0.25) is 0 Å². The average molecular weight is 303 g/mol. The first-order valence-electron chi connectivity index (χ1n) is 7.92. The van der Waals surface area contributed by atoms with Crippen molar-refractivity contribution in [3.8, 4) is 0 Å². The van der Waals surface area contributed by atoms with Crippen LogP contribution in [0.4, 0.5) is 10.5 Å². The fraction of sp³-hybridized carbons (Fsp3) is 0.529. The van der Waals surface area contributed by atoms with Crippen molar-refractivity contribution in [3.63, 3.8) is 0 Å². The lowest BCUT2D eigenvalue weighted by Crippen LogP contribution is -2.49. The summed E-state index contributed by atoms with van der Waals surface area (Å²) in [5, 5.41) is 5.51. The molecule has 0 radical (unpaired) electrons. The van der Waals surface area contributed by atoms with Crippen molar-refractivity contribution in [1.29, 1.82) is 0 Å². The molecule has 0 bridgehead atoms. The summed E-state index contributed by atoms with van der Waals surface area (Å²) in [5.41, 5.74) is 2.14. The molecule has 0 unspecified atom stereocenters. The Kier molecular flexibility index (Phi) is 5.41. The van der Waals surface area contributed by atoms with E-state index in [1.54, 1.807) is 11.8 Å². The number of nitrogens with zero attached hydrogens (tertiary/aromatic N) is 1. The number of anilines is 1. The van der Waals surface area contributed by atoms with Gasteiger partial charge in [0.2, 0.25) is 5.91 Å². The number of carbonyl (C=O) groups excluding carboxylic acids is 2. The van der Waals surface area contributed by atoms with Crippen LogP contribution in [0.3, 0.4) is 0 Å². The molecular weight excluding hydrogens is 278 g/mol. The number of benzene rings is 1. The zero-order valence-corrected chi connectivity index (χ0v) is 13.6. The van der Waals surface area contributed by atoms with Gasteiger partial charge in [0.25, 0.3) is 0 Å². The molecule has 1 heterocycles. The van der Waals surface area contributed by atoms with Gasteiger partial charge in [-0.3, -0.25) is 4.79 Å². The van der Waals surface area contributed by atoms with Crippen LogP contribution < -0.4 is 15.5 Å². The molecule has 5 nitrogen and oxygen atoms in total. The lowest BCUT2D eigenvalue weighted by atomic mass is 10.1. The molecule has 0 saturated heterocycles. The molecule has 0 saturated carbocycles. The molecule has 120 valence electrons. The molecule has 1 aromatic rings. The Balaban J connectivity index is 1.87. The van der Waals surface area contributed by atoms with Crippen molar-refractivity contribution >= 4 is 17.6 Å². The van der Waals surface area contributed by atoms with Crippen LogP contribution in [-0.4, -0.2) is 31.1 Å². The Morgan fingerprint density at radius 2 is 1.95 bits per heavy atom. The summed E-state index contributed by atoms with van der Waals surface area (Å²) in [5.74, 6) is 0.476. The van der Waals surface area contributed by atoms with Gasteiger partial charge in [0, 0.05) is 18.8 Å². The molecule has 1 aromatic carbocycles.